The SMILES string of the molecule is Oc1cc2cc(CCN3CCN(c4nsc5ccccc45)CC3)c(Cl)cc2[nH]1. The lowest BCUT2D eigenvalue weighted by molar-refractivity contribution is 0.261. The minimum Gasteiger partial charge on any atom is -0.495 e. The molecular weight excluding hydrogens is 392 g/mol. The van der Waals surface area contributed by atoms with Gasteiger partial charge in [0.25, 0.3) is 0 Å². The van der Waals surface area contributed by atoms with Crippen LogP contribution >= 0.6 is 23.1 Å². The van der Waals surface area contributed by atoms with Gasteiger partial charge in [0, 0.05) is 60.1 Å². The molecule has 144 valence electrons. The van der Waals surface area contributed by atoms with Crippen LogP contribution in [0.3, 0.4) is 0 Å². The fraction of sp³-hybridized carbons (Fsp3) is 0.286. The van der Waals surface area contributed by atoms with Gasteiger partial charge in [0.05, 0.1) is 4.70 Å². The summed E-state index contributed by atoms with van der Waals surface area (Å²) in [5.74, 6) is 1.30. The highest BCUT2D eigenvalue weighted by atomic mass is 35.5. The topological polar surface area (TPSA) is 55.4 Å². The molecule has 4 aromatic rings. The summed E-state index contributed by atoms with van der Waals surface area (Å²) in [5, 5.41) is 12.6. The van der Waals surface area contributed by atoms with E-state index in [1.165, 1.54) is 10.1 Å². The number of benzene rings is 2. The summed E-state index contributed by atoms with van der Waals surface area (Å²) >= 11 is 8.02. The largest absolute Gasteiger partial charge is 0.495 e. The molecule has 5 nitrogen and oxygen atoms in total. The third-order valence-corrected chi connectivity index (χ3v) is 6.67. The van der Waals surface area contributed by atoms with Crippen molar-refractivity contribution in [3.8, 4) is 5.88 Å². The van der Waals surface area contributed by atoms with Crippen LogP contribution in [-0.4, -0.2) is 52.1 Å². The summed E-state index contributed by atoms with van der Waals surface area (Å²) < 4.78 is 5.94. The van der Waals surface area contributed by atoms with Crippen molar-refractivity contribution in [2.24, 2.45) is 0 Å². The Bertz CT molecular complexity index is 1130. The van der Waals surface area contributed by atoms with Crippen LogP contribution in [0.25, 0.3) is 21.0 Å². The molecule has 1 aliphatic rings. The molecule has 1 aliphatic heterocycles. The smallest absolute Gasteiger partial charge is 0.189 e. The lowest BCUT2D eigenvalue weighted by Gasteiger charge is -2.35. The summed E-state index contributed by atoms with van der Waals surface area (Å²) in [6.45, 7) is 5.01. The molecule has 0 spiro atoms. The standard InChI is InChI=1S/C21H21ClN4OS/c22-17-13-18-15(12-20(27)23-18)11-14(17)5-6-25-7-9-26(10-8-25)21-16-3-1-2-4-19(16)28-24-21/h1-4,11-13,23,27H,5-10H2. The van der Waals surface area contributed by atoms with E-state index in [4.69, 9.17) is 11.6 Å². The maximum Gasteiger partial charge on any atom is 0.189 e. The minimum atomic E-state index is 0.175. The Hall–Kier alpha value is -2.28. The van der Waals surface area contributed by atoms with Gasteiger partial charge in [-0.3, -0.25) is 4.90 Å². The number of fused-ring (bicyclic) bond motifs is 2. The van der Waals surface area contributed by atoms with E-state index in [0.717, 1.165) is 66.5 Å². The molecule has 7 heteroatoms. The number of piperazine rings is 1. The molecule has 1 saturated heterocycles. The highest BCUT2D eigenvalue weighted by Crippen LogP contribution is 2.30. The molecule has 0 unspecified atom stereocenters. The molecule has 0 bridgehead atoms. The number of aromatic nitrogens is 2. The van der Waals surface area contributed by atoms with Gasteiger partial charge in [0.2, 0.25) is 0 Å². The molecule has 2 N–H and O–H groups in total. The first kappa shape index (κ1) is 17.8. The van der Waals surface area contributed by atoms with Gasteiger partial charge in [-0.1, -0.05) is 23.7 Å². The average Bonchev–Trinajstić information content (AvgIpc) is 3.29. The Balaban J connectivity index is 1.22. The van der Waals surface area contributed by atoms with Crippen molar-refractivity contribution in [2.45, 2.75) is 6.42 Å². The van der Waals surface area contributed by atoms with Crippen molar-refractivity contribution in [1.82, 2.24) is 14.3 Å². The van der Waals surface area contributed by atoms with Gasteiger partial charge in [-0.15, -0.1) is 0 Å². The summed E-state index contributed by atoms with van der Waals surface area (Å²) in [7, 11) is 0. The quantitative estimate of drug-likeness (QED) is 0.518. The Morgan fingerprint density at radius 2 is 1.93 bits per heavy atom. The number of aromatic amines is 1. The molecule has 0 amide bonds. The molecule has 0 radical (unpaired) electrons. The van der Waals surface area contributed by atoms with Gasteiger partial charge in [0.1, 0.15) is 5.82 Å². The number of nitrogens with zero attached hydrogens (tertiary/aromatic N) is 3. The number of rotatable bonds is 4. The third kappa shape index (κ3) is 3.32. The van der Waals surface area contributed by atoms with Crippen molar-refractivity contribution in [3.05, 3.63) is 53.1 Å². The van der Waals surface area contributed by atoms with Gasteiger partial charge < -0.3 is 15.0 Å². The van der Waals surface area contributed by atoms with E-state index in [-0.39, 0.29) is 5.88 Å². The van der Waals surface area contributed by atoms with E-state index in [2.05, 4.69) is 49.5 Å². The van der Waals surface area contributed by atoms with Crippen molar-refractivity contribution < 1.29 is 5.11 Å². The van der Waals surface area contributed by atoms with Crippen LogP contribution in [0.5, 0.6) is 5.88 Å². The molecular formula is C21H21ClN4OS. The van der Waals surface area contributed by atoms with Gasteiger partial charge in [-0.25, -0.2) is 0 Å². The predicted octanol–water partition coefficient (Wildman–Crippen LogP) is 4.50. The lowest BCUT2D eigenvalue weighted by atomic mass is 10.1. The van der Waals surface area contributed by atoms with Gasteiger partial charge >= 0.3 is 0 Å². The second-order valence-electron chi connectivity index (χ2n) is 7.27. The highest BCUT2D eigenvalue weighted by Gasteiger charge is 2.20. The van der Waals surface area contributed by atoms with E-state index in [0.29, 0.717) is 0 Å². The van der Waals surface area contributed by atoms with Gasteiger partial charge in [-0.2, -0.15) is 4.37 Å². The van der Waals surface area contributed by atoms with Crippen LogP contribution in [0.4, 0.5) is 5.82 Å². The average molecular weight is 413 g/mol. The summed E-state index contributed by atoms with van der Waals surface area (Å²) in [6.07, 6.45) is 0.903. The summed E-state index contributed by atoms with van der Waals surface area (Å²) in [5.41, 5.74) is 2.00. The number of hydrogen-bond donors (Lipinski definition) is 2. The maximum atomic E-state index is 9.63. The zero-order valence-corrected chi connectivity index (χ0v) is 16.9. The van der Waals surface area contributed by atoms with Crippen LogP contribution in [0.15, 0.2) is 42.5 Å². The van der Waals surface area contributed by atoms with E-state index in [1.807, 2.05) is 6.07 Å². The zero-order valence-electron chi connectivity index (χ0n) is 15.4. The summed E-state index contributed by atoms with van der Waals surface area (Å²) in [4.78, 5) is 7.80. The van der Waals surface area contributed by atoms with E-state index < -0.39 is 0 Å². The summed E-state index contributed by atoms with van der Waals surface area (Å²) in [6, 6.07) is 14.2. The van der Waals surface area contributed by atoms with Gasteiger partial charge in [0.15, 0.2) is 5.88 Å². The van der Waals surface area contributed by atoms with Gasteiger partial charge in [-0.05, 0) is 47.8 Å². The number of H-pyrrole nitrogens is 1. The first-order valence-corrected chi connectivity index (χ1v) is 10.6. The van der Waals surface area contributed by atoms with Crippen LogP contribution in [-0.2, 0) is 6.42 Å². The third-order valence-electron chi connectivity index (χ3n) is 5.50. The van der Waals surface area contributed by atoms with Crippen LogP contribution in [0.2, 0.25) is 5.02 Å². The number of halogens is 1. The molecule has 2 aromatic heterocycles. The normalized spacial score (nSPS) is 15.7. The molecule has 3 heterocycles. The number of hydrogen-bond acceptors (Lipinski definition) is 5. The molecule has 0 atom stereocenters. The lowest BCUT2D eigenvalue weighted by Crippen LogP contribution is -2.47. The second-order valence-corrected chi connectivity index (χ2v) is 8.48. The van der Waals surface area contributed by atoms with Crippen molar-refractivity contribution in [1.29, 1.82) is 0 Å². The monoisotopic (exact) mass is 412 g/mol. The Morgan fingerprint density at radius 3 is 2.79 bits per heavy atom. The fourth-order valence-electron chi connectivity index (χ4n) is 3.94. The molecule has 1 fully saturated rings. The van der Waals surface area contributed by atoms with Crippen molar-refractivity contribution >= 4 is 49.9 Å². The minimum absolute atomic E-state index is 0.175. The van der Waals surface area contributed by atoms with E-state index >= 15 is 0 Å². The molecule has 28 heavy (non-hydrogen) atoms. The van der Waals surface area contributed by atoms with Crippen LogP contribution in [0.1, 0.15) is 5.56 Å². The first-order chi connectivity index (χ1) is 13.7. The van der Waals surface area contributed by atoms with E-state index in [9.17, 15) is 5.11 Å². The van der Waals surface area contributed by atoms with E-state index in [1.54, 1.807) is 17.6 Å². The highest BCUT2D eigenvalue weighted by molar-refractivity contribution is 7.13. The van der Waals surface area contributed by atoms with Crippen molar-refractivity contribution in [3.63, 3.8) is 0 Å². The molecule has 0 aliphatic carbocycles. The predicted molar refractivity (Wildman–Crippen MR) is 117 cm³/mol. The number of anilines is 1. The Morgan fingerprint density at radius 1 is 1.11 bits per heavy atom. The fourth-order valence-corrected chi connectivity index (χ4v) is 4.99. The molecule has 5 rings (SSSR count). The van der Waals surface area contributed by atoms with Crippen LogP contribution in [0, 0.1) is 0 Å². The number of nitrogens with one attached hydrogen (secondary N) is 1. The first-order valence-electron chi connectivity index (χ1n) is 9.49. The number of aromatic hydroxyl groups is 1. The van der Waals surface area contributed by atoms with Crippen molar-refractivity contribution in [2.75, 3.05) is 37.6 Å². The molecule has 0 saturated carbocycles. The molecule has 2 aromatic carbocycles. The Kier molecular flexibility index (Phi) is 4.62. The second kappa shape index (κ2) is 7.28. The maximum absolute atomic E-state index is 9.63. The Labute approximate surface area is 172 Å². The zero-order chi connectivity index (χ0) is 19.1. The van der Waals surface area contributed by atoms with Crippen LogP contribution < -0.4 is 4.90 Å².